The normalized spacial score (nSPS) is 6.86. The molecule has 0 unspecified atom stereocenters. The van der Waals surface area contributed by atoms with Gasteiger partial charge in [0.2, 0.25) is 0 Å². The molecule has 0 aliphatic rings. The van der Waals surface area contributed by atoms with E-state index in [9.17, 15) is 0 Å². The van der Waals surface area contributed by atoms with Crippen LogP contribution in [0.1, 0.15) is 0 Å². The van der Waals surface area contributed by atoms with Crippen LogP contribution in [0.5, 0.6) is 0 Å². The van der Waals surface area contributed by atoms with E-state index in [4.69, 9.17) is 5.53 Å². The highest BCUT2D eigenvalue weighted by atomic mass is 15.4. The van der Waals surface area contributed by atoms with Crippen molar-refractivity contribution in [1.29, 1.82) is 5.53 Å². The number of rotatable bonds is 0. The Hall–Kier alpha value is -1.40. The summed E-state index contributed by atoms with van der Waals surface area (Å²) in [6, 6.07) is 0. The third-order valence-corrected chi connectivity index (χ3v) is 0.0667. The molecule has 0 rings (SSSR count). The minimum Gasteiger partial charge on any atom is -0.305 e. The molecule has 42 valence electrons. The summed E-state index contributed by atoms with van der Waals surface area (Å²) in [6.45, 7) is 0. The molecule has 7 N–H and O–H groups in total. The third kappa shape index (κ3) is 194. The Kier molecular flexibility index (Phi) is 30.4. The Morgan fingerprint density at radius 1 is 1.00 bits per heavy atom. The summed E-state index contributed by atoms with van der Waals surface area (Å²) >= 11 is 0. The highest BCUT2D eigenvalue weighted by molar-refractivity contribution is 3.79. The third-order valence-electron chi connectivity index (χ3n) is 0.0667. The summed E-state index contributed by atoms with van der Waals surface area (Å²) in [5, 5.41) is 7.53. The van der Waals surface area contributed by atoms with Crippen molar-refractivity contribution in [1.82, 2.24) is 0 Å². The summed E-state index contributed by atoms with van der Waals surface area (Å²) in [4.78, 5) is 0. The second-order valence-electron chi connectivity index (χ2n) is 0.360. The van der Waals surface area contributed by atoms with E-state index in [0.717, 1.165) is 0 Å². The van der Waals surface area contributed by atoms with Crippen molar-refractivity contribution in [3.05, 3.63) is 0 Å². The highest BCUT2D eigenvalue weighted by Gasteiger charge is 1.28. The first-order valence-electron chi connectivity index (χ1n) is 1.20. The molecule has 0 aromatic carbocycles. The van der Waals surface area contributed by atoms with Gasteiger partial charge in [-0.05, 0) is 0 Å². The van der Waals surface area contributed by atoms with Crippen LogP contribution in [0.25, 0.3) is 0 Å². The molecule has 0 bridgehead atoms. The molecule has 0 aromatic rings. The summed E-state index contributed by atoms with van der Waals surface area (Å²) in [5.41, 5.74) is 5.61. The molecule has 0 radical (unpaired) electrons. The van der Waals surface area contributed by atoms with Crippen molar-refractivity contribution in [2.24, 2.45) is 33.2 Å². The highest BCUT2D eigenvalue weighted by Crippen LogP contribution is 1.32. The summed E-state index contributed by atoms with van der Waals surface area (Å²) in [7, 11) is 0. The Bertz CT molecular complexity index is 38.0. The van der Waals surface area contributed by atoms with E-state index < -0.39 is 0 Å². The Labute approximate surface area is 40.0 Å². The molecule has 0 aliphatic carbocycles. The number of nitrogens with one attached hydrogen (secondary N) is 1. The number of hydrogen-bond acceptors (Lipinski definition) is 4. The van der Waals surface area contributed by atoms with E-state index in [-0.39, 0.29) is 0 Å². The first kappa shape index (κ1) is 9.14. The van der Waals surface area contributed by atoms with Gasteiger partial charge >= 0.3 is 0 Å². The van der Waals surface area contributed by atoms with Crippen LogP contribution in [0.3, 0.4) is 0 Å². The van der Waals surface area contributed by atoms with Crippen molar-refractivity contribution in [3.63, 3.8) is 0 Å². The van der Waals surface area contributed by atoms with Crippen LogP contribution >= 0.6 is 0 Å². The minimum atomic E-state index is 2.25. The maximum atomic E-state index is 5.61. The van der Waals surface area contributed by atoms with Crippen molar-refractivity contribution in [2.75, 3.05) is 0 Å². The Morgan fingerprint density at radius 2 is 1.14 bits per heavy atom. The Balaban J connectivity index is 0. The molecular weight excluding hydrogens is 98.0 g/mol. The van der Waals surface area contributed by atoms with Gasteiger partial charge in [0, 0.05) is 0 Å². The molecule has 7 nitrogen and oxygen atoms in total. The molecule has 0 spiro atoms. The first-order valence-corrected chi connectivity index (χ1v) is 1.20. The predicted molar refractivity (Wildman–Crippen MR) is 22.6 cm³/mol. The summed E-state index contributed by atoms with van der Waals surface area (Å²) in [5.74, 6) is 12.9. The van der Waals surface area contributed by atoms with Crippen molar-refractivity contribution in [3.8, 4) is 0 Å². The van der Waals surface area contributed by atoms with Crippen LogP contribution in [0.4, 0.5) is 0 Å². The van der Waals surface area contributed by atoms with Gasteiger partial charge in [0.25, 0.3) is 0 Å². The molecule has 0 saturated carbocycles. The smallest absolute Gasteiger partial charge is 0.0594 e. The second-order valence-corrected chi connectivity index (χ2v) is 0.360. The van der Waals surface area contributed by atoms with Gasteiger partial charge in [-0.2, -0.15) is 5.53 Å². The lowest BCUT2D eigenvalue weighted by atomic mass is 12.6. The average Bonchev–Trinajstić information content (AvgIpc) is 1.69. The van der Waals surface area contributed by atoms with E-state index in [0.29, 0.717) is 0 Å². The van der Waals surface area contributed by atoms with E-state index in [1.807, 2.05) is 0 Å². The van der Waals surface area contributed by atoms with Gasteiger partial charge in [-0.25, -0.2) is 0 Å². The van der Waals surface area contributed by atoms with Crippen LogP contribution < -0.4 is 17.5 Å². The Morgan fingerprint density at radius 3 is 1.14 bits per heavy atom. The van der Waals surface area contributed by atoms with Crippen LogP contribution in [0.2, 0.25) is 0 Å². The van der Waals surface area contributed by atoms with Crippen LogP contribution in [-0.4, -0.2) is 0 Å². The number of nitrogens with zero attached hydrogens (tertiary/aromatic N) is 3. The zero-order valence-corrected chi connectivity index (χ0v) is 3.57. The van der Waals surface area contributed by atoms with Crippen molar-refractivity contribution < 1.29 is 0 Å². The topological polar surface area (TPSA) is 139 Å². The molecule has 0 heterocycles. The molecule has 0 aromatic heterocycles. The molecule has 7 heavy (non-hydrogen) atoms. The van der Waals surface area contributed by atoms with E-state index in [1.165, 1.54) is 0 Å². The van der Waals surface area contributed by atoms with Gasteiger partial charge in [-0.3, -0.25) is 0 Å². The molecule has 7 heteroatoms. The molecule has 0 saturated heterocycles. The fourth-order valence-electron chi connectivity index (χ4n) is 0. The van der Waals surface area contributed by atoms with E-state index in [1.54, 1.807) is 0 Å². The van der Waals surface area contributed by atoms with Crippen molar-refractivity contribution >= 4 is 0 Å². The first-order chi connectivity index (χ1) is 3.33. The maximum Gasteiger partial charge on any atom is -0.0594 e. The predicted octanol–water partition coefficient (Wildman–Crippen LogP) is -0.923. The lowest BCUT2D eigenvalue weighted by molar-refractivity contribution is 0.956. The van der Waals surface area contributed by atoms with Crippen molar-refractivity contribution in [2.45, 2.75) is 0 Å². The lowest BCUT2D eigenvalue weighted by Gasteiger charge is -1.56. The second kappa shape index (κ2) is 23.3. The monoisotopic (exact) mass is 105 g/mol. The standard InChI is InChI=1S/H4N4.H3N3/c1-3-4-2;1-3-2/h(H2,1,4)(H2,2,3);(H3,1,2). The van der Waals surface area contributed by atoms with Crippen LogP contribution in [0, 0.1) is 5.53 Å². The average molecular weight is 105 g/mol. The molecule has 0 atom stereocenters. The largest absolute Gasteiger partial charge is 0.305 e. The van der Waals surface area contributed by atoms with Gasteiger partial charge in [-0.15, -0.1) is 0 Å². The molecule has 0 fully saturated rings. The minimum absolute atomic E-state index is 2.25. The SMILES string of the molecule is N/N=N/N.N=NN. The fraction of sp³-hybridized carbons (Fsp3) is 0. The zero-order chi connectivity index (χ0) is 6.12. The van der Waals surface area contributed by atoms with Crippen LogP contribution in [0.15, 0.2) is 15.7 Å². The molecular formula is H7N7. The number of nitrogens with two attached hydrogens (primary N) is 3. The number of hydrogen-bond donors (Lipinski definition) is 4. The maximum absolute atomic E-state index is 5.61. The molecule has 0 aliphatic heterocycles. The van der Waals surface area contributed by atoms with Crippen LogP contribution in [-0.2, 0) is 0 Å². The van der Waals surface area contributed by atoms with Gasteiger partial charge in [-0.1, -0.05) is 15.7 Å². The van der Waals surface area contributed by atoms with Gasteiger partial charge < -0.3 is 17.5 Å². The summed E-state index contributed by atoms with van der Waals surface area (Å²) < 4.78 is 0. The zero-order valence-electron chi connectivity index (χ0n) is 3.57. The lowest BCUT2D eigenvalue weighted by Crippen LogP contribution is -1.80. The fourth-order valence-corrected chi connectivity index (χ4v) is 0. The van der Waals surface area contributed by atoms with E-state index in [2.05, 4.69) is 33.2 Å². The quantitative estimate of drug-likeness (QED) is 0.180. The van der Waals surface area contributed by atoms with Gasteiger partial charge in [0.15, 0.2) is 0 Å². The molecule has 0 amide bonds. The summed E-state index contributed by atoms with van der Waals surface area (Å²) in [6.07, 6.45) is 0. The van der Waals surface area contributed by atoms with Gasteiger partial charge in [0.1, 0.15) is 0 Å². The van der Waals surface area contributed by atoms with Gasteiger partial charge in [0.05, 0.1) is 0 Å². The van der Waals surface area contributed by atoms with E-state index >= 15 is 0 Å².